The van der Waals surface area contributed by atoms with E-state index >= 15 is 0 Å². The highest BCUT2D eigenvalue weighted by atomic mass is 35.5. The summed E-state index contributed by atoms with van der Waals surface area (Å²) >= 11 is 11.9. The smallest absolute Gasteiger partial charge is 0.277 e. The van der Waals surface area contributed by atoms with E-state index in [-0.39, 0.29) is 11.6 Å². The molecule has 0 atom stereocenters. The highest BCUT2D eigenvalue weighted by Crippen LogP contribution is 2.28. The maximum Gasteiger partial charge on any atom is 0.277 e. The summed E-state index contributed by atoms with van der Waals surface area (Å²) in [5, 5.41) is 3.66. The highest BCUT2D eigenvalue weighted by Gasteiger charge is 2.14. The van der Waals surface area contributed by atoms with Crippen LogP contribution in [0.3, 0.4) is 0 Å². The molecule has 2 aromatic carbocycles. The van der Waals surface area contributed by atoms with Crippen molar-refractivity contribution in [1.82, 2.24) is 4.98 Å². The molecule has 3 rings (SSSR count). The third kappa shape index (κ3) is 3.61. The minimum Gasteiger partial charge on any atom is -0.444 e. The molecule has 6 heteroatoms. The highest BCUT2D eigenvalue weighted by molar-refractivity contribution is 6.42. The van der Waals surface area contributed by atoms with Crippen LogP contribution >= 0.6 is 23.2 Å². The first kappa shape index (κ1) is 16.6. The lowest BCUT2D eigenvalue weighted by Gasteiger charge is -2.05. The van der Waals surface area contributed by atoms with Crippen LogP contribution in [0.2, 0.25) is 10.0 Å². The Kier molecular flexibility index (Phi) is 4.60. The lowest BCUT2D eigenvalue weighted by molar-refractivity contribution is 0.102. The minimum atomic E-state index is -0.338. The van der Waals surface area contributed by atoms with Gasteiger partial charge in [0, 0.05) is 11.3 Å². The molecule has 24 heavy (non-hydrogen) atoms. The Morgan fingerprint density at radius 2 is 1.75 bits per heavy atom. The van der Waals surface area contributed by atoms with Crippen LogP contribution in [0.15, 0.2) is 47.1 Å². The summed E-state index contributed by atoms with van der Waals surface area (Å²) in [7, 11) is 0. The van der Waals surface area contributed by atoms with Gasteiger partial charge in [-0.1, -0.05) is 29.3 Å². The fraction of sp³-hybridized carbons (Fsp3) is 0.111. The first-order valence-corrected chi connectivity index (χ1v) is 7.98. The van der Waals surface area contributed by atoms with E-state index in [4.69, 9.17) is 27.6 Å². The number of hydrogen-bond acceptors (Lipinski definition) is 3. The van der Waals surface area contributed by atoms with E-state index in [2.05, 4.69) is 10.3 Å². The zero-order valence-corrected chi connectivity index (χ0v) is 14.6. The largest absolute Gasteiger partial charge is 0.444 e. The summed E-state index contributed by atoms with van der Waals surface area (Å²) in [5.41, 5.74) is 3.70. The van der Waals surface area contributed by atoms with Gasteiger partial charge in [-0.2, -0.15) is 0 Å². The molecule has 1 amide bonds. The number of oxazole rings is 1. The van der Waals surface area contributed by atoms with Crippen molar-refractivity contribution in [2.24, 2.45) is 0 Å². The number of amides is 1. The molecule has 3 aromatic rings. The molecule has 1 aromatic heterocycles. The number of carbonyl (C=O) groups is 1. The molecule has 4 nitrogen and oxygen atoms in total. The molecule has 1 N–H and O–H groups in total. The van der Waals surface area contributed by atoms with E-state index in [1.54, 1.807) is 18.2 Å². The van der Waals surface area contributed by atoms with Gasteiger partial charge in [0.15, 0.2) is 5.69 Å². The van der Waals surface area contributed by atoms with E-state index < -0.39 is 0 Å². The molecule has 0 aliphatic rings. The molecular weight excluding hydrogens is 347 g/mol. The number of halogens is 2. The van der Waals surface area contributed by atoms with Gasteiger partial charge in [-0.3, -0.25) is 4.79 Å². The standard InChI is InChI=1S/C18H14Cl2N2O2/c1-10-5-11(2)7-13(6-10)21-17(23)16-9-24-18(22-16)12-3-4-14(19)15(20)8-12/h3-9H,1-2H3,(H,21,23). The van der Waals surface area contributed by atoms with Crippen LogP contribution in [-0.2, 0) is 0 Å². The van der Waals surface area contributed by atoms with Crippen LogP contribution in [0.1, 0.15) is 21.6 Å². The van der Waals surface area contributed by atoms with Gasteiger partial charge in [-0.15, -0.1) is 0 Å². The molecule has 0 unspecified atom stereocenters. The topological polar surface area (TPSA) is 55.1 Å². The van der Waals surface area contributed by atoms with Crippen LogP contribution in [0.5, 0.6) is 0 Å². The summed E-state index contributed by atoms with van der Waals surface area (Å²) < 4.78 is 5.38. The first-order valence-electron chi connectivity index (χ1n) is 7.23. The number of rotatable bonds is 3. The zero-order valence-electron chi connectivity index (χ0n) is 13.1. The van der Waals surface area contributed by atoms with Crippen molar-refractivity contribution in [2.75, 3.05) is 5.32 Å². The van der Waals surface area contributed by atoms with E-state index in [1.165, 1.54) is 6.26 Å². The Morgan fingerprint density at radius 3 is 2.42 bits per heavy atom. The molecule has 0 radical (unpaired) electrons. The minimum absolute atomic E-state index is 0.190. The average molecular weight is 361 g/mol. The number of aromatic nitrogens is 1. The third-order valence-electron chi connectivity index (χ3n) is 3.38. The van der Waals surface area contributed by atoms with Crippen LogP contribution in [0.4, 0.5) is 5.69 Å². The summed E-state index contributed by atoms with van der Waals surface area (Å²) in [6, 6.07) is 10.8. The molecule has 0 fully saturated rings. The van der Waals surface area contributed by atoms with Gasteiger partial charge < -0.3 is 9.73 Å². The maximum absolute atomic E-state index is 12.3. The molecular formula is C18H14Cl2N2O2. The zero-order chi connectivity index (χ0) is 17.3. The molecule has 0 saturated carbocycles. The number of anilines is 1. The lowest BCUT2D eigenvalue weighted by atomic mass is 10.1. The predicted octanol–water partition coefficient (Wildman–Crippen LogP) is 5.52. The summed E-state index contributed by atoms with van der Waals surface area (Å²) in [4.78, 5) is 16.5. The maximum atomic E-state index is 12.3. The van der Waals surface area contributed by atoms with Gasteiger partial charge in [0.05, 0.1) is 10.0 Å². The van der Waals surface area contributed by atoms with Gasteiger partial charge in [-0.05, 0) is 55.3 Å². The van der Waals surface area contributed by atoms with Crippen LogP contribution < -0.4 is 5.32 Å². The fourth-order valence-electron chi connectivity index (χ4n) is 2.38. The van der Waals surface area contributed by atoms with Crippen molar-refractivity contribution in [3.63, 3.8) is 0 Å². The van der Waals surface area contributed by atoms with Crippen LogP contribution in [-0.4, -0.2) is 10.9 Å². The van der Waals surface area contributed by atoms with Crippen molar-refractivity contribution in [3.05, 3.63) is 69.5 Å². The van der Waals surface area contributed by atoms with E-state index in [9.17, 15) is 4.79 Å². The Hall–Kier alpha value is -2.30. The Labute approximate surface area is 149 Å². The number of nitrogens with zero attached hydrogens (tertiary/aromatic N) is 1. The Balaban J connectivity index is 1.81. The molecule has 0 bridgehead atoms. The van der Waals surface area contributed by atoms with Crippen molar-refractivity contribution in [2.45, 2.75) is 13.8 Å². The molecule has 122 valence electrons. The number of aryl methyl sites for hydroxylation is 2. The van der Waals surface area contributed by atoms with Gasteiger partial charge >= 0.3 is 0 Å². The normalized spacial score (nSPS) is 10.7. The lowest BCUT2D eigenvalue weighted by Crippen LogP contribution is -2.12. The van der Waals surface area contributed by atoms with E-state index in [0.29, 0.717) is 21.5 Å². The fourth-order valence-corrected chi connectivity index (χ4v) is 2.68. The SMILES string of the molecule is Cc1cc(C)cc(NC(=O)c2coc(-c3ccc(Cl)c(Cl)c3)n2)c1. The number of benzene rings is 2. The van der Waals surface area contributed by atoms with Crippen molar-refractivity contribution < 1.29 is 9.21 Å². The Bertz CT molecular complexity index is 899. The predicted molar refractivity (Wildman–Crippen MR) is 95.8 cm³/mol. The molecule has 0 aliphatic carbocycles. The second kappa shape index (κ2) is 6.67. The van der Waals surface area contributed by atoms with Crippen molar-refractivity contribution in [3.8, 4) is 11.5 Å². The van der Waals surface area contributed by atoms with Gasteiger partial charge in [0.1, 0.15) is 6.26 Å². The van der Waals surface area contributed by atoms with Gasteiger partial charge in [0.2, 0.25) is 5.89 Å². The number of hydrogen-bond donors (Lipinski definition) is 1. The number of nitrogens with one attached hydrogen (secondary N) is 1. The summed E-state index contributed by atoms with van der Waals surface area (Å²) in [6.07, 6.45) is 1.32. The number of carbonyl (C=O) groups excluding carboxylic acids is 1. The Morgan fingerprint density at radius 1 is 1.04 bits per heavy atom. The first-order chi connectivity index (χ1) is 11.4. The summed E-state index contributed by atoms with van der Waals surface area (Å²) in [5.74, 6) is -0.0331. The van der Waals surface area contributed by atoms with E-state index in [0.717, 1.165) is 16.8 Å². The second-order valence-electron chi connectivity index (χ2n) is 5.50. The summed E-state index contributed by atoms with van der Waals surface area (Å²) in [6.45, 7) is 3.95. The van der Waals surface area contributed by atoms with E-state index in [1.807, 2.05) is 32.0 Å². The molecule has 0 aliphatic heterocycles. The van der Waals surface area contributed by atoms with Gasteiger partial charge in [0.25, 0.3) is 5.91 Å². The molecule has 0 spiro atoms. The quantitative estimate of drug-likeness (QED) is 0.669. The van der Waals surface area contributed by atoms with Crippen LogP contribution in [0, 0.1) is 13.8 Å². The average Bonchev–Trinajstić information content (AvgIpc) is 2.99. The van der Waals surface area contributed by atoms with Crippen molar-refractivity contribution in [1.29, 1.82) is 0 Å². The third-order valence-corrected chi connectivity index (χ3v) is 4.12. The monoisotopic (exact) mass is 360 g/mol. The second-order valence-corrected chi connectivity index (χ2v) is 6.31. The molecule has 1 heterocycles. The van der Waals surface area contributed by atoms with Gasteiger partial charge in [-0.25, -0.2) is 4.98 Å². The van der Waals surface area contributed by atoms with Crippen molar-refractivity contribution >= 4 is 34.8 Å². The molecule has 0 saturated heterocycles. The van der Waals surface area contributed by atoms with Crippen LogP contribution in [0.25, 0.3) is 11.5 Å².